The van der Waals surface area contributed by atoms with Crippen LogP contribution >= 0.6 is 0 Å². The van der Waals surface area contributed by atoms with E-state index in [1.807, 2.05) is 42.7 Å². The summed E-state index contributed by atoms with van der Waals surface area (Å²) in [6.07, 6.45) is 7.02. The second-order valence-corrected chi connectivity index (χ2v) is 8.86. The van der Waals surface area contributed by atoms with Crippen molar-refractivity contribution in [1.82, 2.24) is 14.5 Å². The van der Waals surface area contributed by atoms with Gasteiger partial charge in [-0.05, 0) is 79.8 Å². The van der Waals surface area contributed by atoms with Gasteiger partial charge in [0.25, 0.3) is 5.56 Å². The molecular weight excluding hydrogens is 422 g/mol. The minimum atomic E-state index is 0.00108. The summed E-state index contributed by atoms with van der Waals surface area (Å²) in [4.78, 5) is 18.6. The highest BCUT2D eigenvalue weighted by molar-refractivity contribution is 5.80. The second kappa shape index (κ2) is 11.6. The first-order chi connectivity index (χ1) is 16.6. The summed E-state index contributed by atoms with van der Waals surface area (Å²) in [6, 6.07) is 22.1. The number of aromatic nitrogens is 2. The number of rotatable bonds is 11. The topological polar surface area (TPSA) is 47.4 Å². The smallest absolute Gasteiger partial charge is 0.250 e. The molecule has 0 aliphatic heterocycles. The summed E-state index contributed by atoms with van der Waals surface area (Å²) in [5.74, 6) is 0.851. The fourth-order valence-corrected chi connectivity index (χ4v) is 4.25. The highest BCUT2D eigenvalue weighted by atomic mass is 16.5. The maximum Gasteiger partial charge on any atom is 0.250 e. The van der Waals surface area contributed by atoms with E-state index in [9.17, 15) is 4.79 Å². The fourth-order valence-electron chi connectivity index (χ4n) is 4.25. The molecule has 0 bridgehead atoms. The zero-order chi connectivity index (χ0) is 23.8. The van der Waals surface area contributed by atoms with Crippen molar-refractivity contribution in [2.24, 2.45) is 7.05 Å². The number of fused-ring (bicyclic) bond motifs is 1. The third-order valence-electron chi connectivity index (χ3n) is 6.27. The first-order valence-corrected chi connectivity index (χ1v) is 12.0. The quantitative estimate of drug-likeness (QED) is 0.281. The van der Waals surface area contributed by atoms with Gasteiger partial charge in [-0.25, -0.2) is 0 Å². The molecule has 0 spiro atoms. The molecule has 0 unspecified atom stereocenters. The van der Waals surface area contributed by atoms with Gasteiger partial charge >= 0.3 is 0 Å². The van der Waals surface area contributed by atoms with Crippen molar-refractivity contribution in [3.8, 4) is 5.75 Å². The number of unbranched alkanes of at least 4 members (excludes halogenated alkanes) is 2. The minimum absolute atomic E-state index is 0.00108. The molecule has 0 saturated carbocycles. The molecule has 0 atom stereocenters. The summed E-state index contributed by atoms with van der Waals surface area (Å²) in [5.41, 5.74) is 4.88. The van der Waals surface area contributed by atoms with Crippen molar-refractivity contribution in [2.45, 2.75) is 39.3 Å². The van der Waals surface area contributed by atoms with Gasteiger partial charge in [-0.1, -0.05) is 30.3 Å². The van der Waals surface area contributed by atoms with E-state index < -0.39 is 0 Å². The van der Waals surface area contributed by atoms with Crippen LogP contribution in [0.15, 0.2) is 83.9 Å². The van der Waals surface area contributed by atoms with Crippen LogP contribution in [0.2, 0.25) is 0 Å². The highest BCUT2D eigenvalue weighted by Gasteiger charge is 2.09. The number of hydrogen-bond acceptors (Lipinski definition) is 4. The SMILES string of the molecule is Cc1ccccc1CN(CCCCCOc1ccc2c(ccc(=O)n2C)c1)Cc1cccnc1. The van der Waals surface area contributed by atoms with Gasteiger partial charge in [-0.15, -0.1) is 0 Å². The Labute approximate surface area is 201 Å². The van der Waals surface area contributed by atoms with Crippen LogP contribution in [0.1, 0.15) is 36.0 Å². The lowest BCUT2D eigenvalue weighted by molar-refractivity contribution is 0.243. The van der Waals surface area contributed by atoms with Gasteiger partial charge in [0.1, 0.15) is 5.75 Å². The fraction of sp³-hybridized carbons (Fsp3) is 0.310. The van der Waals surface area contributed by atoms with Crippen molar-refractivity contribution in [2.75, 3.05) is 13.2 Å². The van der Waals surface area contributed by atoms with Crippen LogP contribution in [0.25, 0.3) is 10.9 Å². The maximum absolute atomic E-state index is 11.8. The summed E-state index contributed by atoms with van der Waals surface area (Å²) in [5, 5.41) is 1.02. The molecule has 0 radical (unpaired) electrons. The molecular formula is C29H33N3O2. The van der Waals surface area contributed by atoms with E-state index in [0.29, 0.717) is 6.61 Å². The molecule has 176 valence electrons. The molecule has 0 aliphatic rings. The van der Waals surface area contributed by atoms with Crippen LogP contribution in [0, 0.1) is 6.92 Å². The standard InChI is InChI=1S/C29H33N3O2/c1-23-9-4-5-11-26(23)22-32(21-24-10-8-16-30-20-24)17-6-3-7-18-34-27-13-14-28-25(19-27)12-15-29(33)31(28)2/h4-5,8-16,19-20H,3,6-7,17-18,21-22H2,1-2H3. The number of pyridine rings is 2. The van der Waals surface area contributed by atoms with Crippen molar-refractivity contribution >= 4 is 10.9 Å². The molecule has 0 amide bonds. The Morgan fingerprint density at radius 1 is 0.941 bits per heavy atom. The van der Waals surface area contributed by atoms with Gasteiger partial charge in [0, 0.05) is 44.0 Å². The molecule has 0 N–H and O–H groups in total. The third-order valence-corrected chi connectivity index (χ3v) is 6.27. The number of nitrogens with zero attached hydrogens (tertiary/aromatic N) is 3. The molecule has 0 aliphatic carbocycles. The van der Waals surface area contributed by atoms with Crippen LogP contribution < -0.4 is 10.3 Å². The highest BCUT2D eigenvalue weighted by Crippen LogP contribution is 2.20. The van der Waals surface area contributed by atoms with Gasteiger partial charge in [0.15, 0.2) is 0 Å². The largest absolute Gasteiger partial charge is 0.494 e. The van der Waals surface area contributed by atoms with Gasteiger partial charge in [-0.2, -0.15) is 0 Å². The third kappa shape index (κ3) is 6.33. The van der Waals surface area contributed by atoms with E-state index in [0.717, 1.165) is 55.5 Å². The van der Waals surface area contributed by atoms with Crippen molar-refractivity contribution < 1.29 is 4.74 Å². The normalized spacial score (nSPS) is 11.3. The lowest BCUT2D eigenvalue weighted by atomic mass is 10.1. The van der Waals surface area contributed by atoms with E-state index in [1.54, 1.807) is 17.7 Å². The predicted molar refractivity (Wildman–Crippen MR) is 138 cm³/mol. The van der Waals surface area contributed by atoms with Crippen molar-refractivity contribution in [3.05, 3.63) is 106 Å². The van der Waals surface area contributed by atoms with Gasteiger partial charge < -0.3 is 9.30 Å². The Balaban J connectivity index is 1.27. The first kappa shape index (κ1) is 23.7. The number of ether oxygens (including phenoxy) is 1. The Hall–Kier alpha value is -3.44. The molecule has 0 saturated heterocycles. The lowest BCUT2D eigenvalue weighted by Crippen LogP contribution is -2.24. The molecule has 2 aromatic heterocycles. The molecule has 0 fully saturated rings. The Kier molecular flexibility index (Phi) is 8.10. The molecule has 5 nitrogen and oxygen atoms in total. The number of benzene rings is 2. The molecule has 2 heterocycles. The summed E-state index contributed by atoms with van der Waals surface area (Å²) >= 11 is 0. The minimum Gasteiger partial charge on any atom is -0.494 e. The lowest BCUT2D eigenvalue weighted by Gasteiger charge is -2.23. The van der Waals surface area contributed by atoms with E-state index >= 15 is 0 Å². The molecule has 34 heavy (non-hydrogen) atoms. The van der Waals surface area contributed by atoms with Crippen LogP contribution in [0.4, 0.5) is 0 Å². The van der Waals surface area contributed by atoms with Gasteiger partial charge in [0.2, 0.25) is 0 Å². The van der Waals surface area contributed by atoms with E-state index in [1.165, 1.54) is 16.7 Å². The van der Waals surface area contributed by atoms with E-state index in [-0.39, 0.29) is 5.56 Å². The van der Waals surface area contributed by atoms with Crippen molar-refractivity contribution in [3.63, 3.8) is 0 Å². The molecule has 4 rings (SSSR count). The van der Waals surface area contributed by atoms with Crippen molar-refractivity contribution in [1.29, 1.82) is 0 Å². The Morgan fingerprint density at radius 2 is 1.82 bits per heavy atom. The molecule has 4 aromatic rings. The predicted octanol–water partition coefficient (Wildman–Crippen LogP) is 5.49. The van der Waals surface area contributed by atoms with E-state index in [2.05, 4.69) is 47.1 Å². The second-order valence-electron chi connectivity index (χ2n) is 8.86. The zero-order valence-corrected chi connectivity index (χ0v) is 20.1. The average molecular weight is 456 g/mol. The van der Waals surface area contributed by atoms with Gasteiger partial charge in [-0.3, -0.25) is 14.7 Å². The molecule has 2 aromatic carbocycles. The van der Waals surface area contributed by atoms with Crippen LogP contribution in [-0.2, 0) is 20.1 Å². The first-order valence-electron chi connectivity index (χ1n) is 12.0. The van der Waals surface area contributed by atoms with Gasteiger partial charge in [0.05, 0.1) is 12.1 Å². The monoisotopic (exact) mass is 455 g/mol. The zero-order valence-electron chi connectivity index (χ0n) is 20.1. The summed E-state index contributed by atoms with van der Waals surface area (Å²) in [7, 11) is 1.79. The van der Waals surface area contributed by atoms with Crippen LogP contribution in [0.3, 0.4) is 0 Å². The van der Waals surface area contributed by atoms with E-state index in [4.69, 9.17) is 4.74 Å². The summed E-state index contributed by atoms with van der Waals surface area (Å²) < 4.78 is 7.65. The maximum atomic E-state index is 11.8. The Bertz CT molecular complexity index is 1270. The average Bonchev–Trinajstić information content (AvgIpc) is 2.85. The van der Waals surface area contributed by atoms with Crippen LogP contribution in [0.5, 0.6) is 5.75 Å². The molecule has 5 heteroatoms. The number of aryl methyl sites for hydroxylation is 2. The Morgan fingerprint density at radius 3 is 2.65 bits per heavy atom. The van der Waals surface area contributed by atoms with Crippen LogP contribution in [-0.4, -0.2) is 27.6 Å². The number of hydrogen-bond donors (Lipinski definition) is 0. The summed E-state index contributed by atoms with van der Waals surface area (Å²) in [6.45, 7) is 5.75.